The Morgan fingerprint density at radius 1 is 1.42 bits per heavy atom. The fourth-order valence-corrected chi connectivity index (χ4v) is 2.41. The standard InChI is InChI=1S/C12H14N4O2S/c1-3-8-6-15-11(19-8)7(2)16-10-9(12(17)18)13-4-5-14-10/h4-7H,3H2,1-2H3,(H,14,16)(H,17,18). The lowest BCUT2D eigenvalue weighted by Crippen LogP contribution is -2.13. The van der Waals surface area contributed by atoms with E-state index in [0.717, 1.165) is 11.4 Å². The van der Waals surface area contributed by atoms with E-state index < -0.39 is 5.97 Å². The van der Waals surface area contributed by atoms with Crippen molar-refractivity contribution in [1.82, 2.24) is 15.0 Å². The number of carboxylic acids is 1. The lowest BCUT2D eigenvalue weighted by Gasteiger charge is -2.12. The van der Waals surface area contributed by atoms with Crippen LogP contribution in [-0.2, 0) is 6.42 Å². The first kappa shape index (κ1) is 13.4. The van der Waals surface area contributed by atoms with Crippen LogP contribution in [0.2, 0.25) is 0 Å². The Morgan fingerprint density at radius 3 is 2.79 bits per heavy atom. The van der Waals surface area contributed by atoms with Crippen molar-refractivity contribution in [2.24, 2.45) is 0 Å². The van der Waals surface area contributed by atoms with Crippen molar-refractivity contribution in [3.63, 3.8) is 0 Å². The summed E-state index contributed by atoms with van der Waals surface area (Å²) in [6.45, 7) is 3.99. The van der Waals surface area contributed by atoms with Gasteiger partial charge in [0.2, 0.25) is 0 Å². The minimum absolute atomic E-state index is 0.0818. The smallest absolute Gasteiger partial charge is 0.358 e. The Labute approximate surface area is 114 Å². The number of carbonyl (C=O) groups is 1. The van der Waals surface area contributed by atoms with Gasteiger partial charge < -0.3 is 10.4 Å². The molecule has 0 aliphatic heterocycles. The van der Waals surface area contributed by atoms with Crippen LogP contribution >= 0.6 is 11.3 Å². The number of aryl methyl sites for hydroxylation is 1. The molecule has 2 aromatic rings. The lowest BCUT2D eigenvalue weighted by atomic mass is 10.3. The van der Waals surface area contributed by atoms with Crippen LogP contribution in [0.25, 0.3) is 0 Å². The second-order valence-corrected chi connectivity index (χ2v) is 5.09. The van der Waals surface area contributed by atoms with Gasteiger partial charge in [0.1, 0.15) is 5.01 Å². The molecule has 0 aliphatic carbocycles. The van der Waals surface area contributed by atoms with Crippen molar-refractivity contribution in [3.05, 3.63) is 34.2 Å². The zero-order valence-electron chi connectivity index (χ0n) is 10.6. The summed E-state index contributed by atoms with van der Waals surface area (Å²) in [4.78, 5) is 24.4. The maximum absolute atomic E-state index is 11.0. The van der Waals surface area contributed by atoms with Crippen LogP contribution in [0.1, 0.15) is 40.3 Å². The van der Waals surface area contributed by atoms with Crippen molar-refractivity contribution in [2.75, 3.05) is 5.32 Å². The molecule has 0 spiro atoms. The minimum Gasteiger partial charge on any atom is -0.476 e. The third-order valence-corrected chi connectivity index (χ3v) is 3.87. The fraction of sp³-hybridized carbons (Fsp3) is 0.333. The molecule has 0 aliphatic rings. The summed E-state index contributed by atoms with van der Waals surface area (Å²) in [5.74, 6) is -0.841. The van der Waals surface area contributed by atoms with Gasteiger partial charge in [-0.25, -0.2) is 19.7 Å². The molecule has 19 heavy (non-hydrogen) atoms. The quantitative estimate of drug-likeness (QED) is 0.873. The molecule has 2 N–H and O–H groups in total. The van der Waals surface area contributed by atoms with E-state index in [2.05, 4.69) is 27.2 Å². The average Bonchev–Trinajstić information content (AvgIpc) is 2.88. The monoisotopic (exact) mass is 278 g/mol. The molecule has 0 bridgehead atoms. The Kier molecular flexibility index (Phi) is 4.06. The molecular formula is C12H14N4O2S. The highest BCUT2D eigenvalue weighted by atomic mass is 32.1. The number of thiazole rings is 1. The summed E-state index contributed by atoms with van der Waals surface area (Å²) >= 11 is 1.61. The van der Waals surface area contributed by atoms with Crippen LogP contribution in [0.15, 0.2) is 18.6 Å². The summed E-state index contributed by atoms with van der Waals surface area (Å²) in [7, 11) is 0. The van der Waals surface area contributed by atoms with Crippen LogP contribution < -0.4 is 5.32 Å². The van der Waals surface area contributed by atoms with E-state index in [4.69, 9.17) is 5.11 Å². The summed E-state index contributed by atoms with van der Waals surface area (Å²) < 4.78 is 0. The number of aromatic carboxylic acids is 1. The van der Waals surface area contributed by atoms with E-state index in [-0.39, 0.29) is 17.6 Å². The number of nitrogens with zero attached hydrogens (tertiary/aromatic N) is 3. The van der Waals surface area contributed by atoms with Crippen molar-refractivity contribution >= 4 is 23.1 Å². The molecular weight excluding hydrogens is 264 g/mol. The third kappa shape index (κ3) is 3.05. The highest BCUT2D eigenvalue weighted by Gasteiger charge is 2.16. The van der Waals surface area contributed by atoms with Gasteiger partial charge in [-0.05, 0) is 13.3 Å². The molecule has 6 nitrogen and oxygen atoms in total. The Morgan fingerprint density at radius 2 is 2.16 bits per heavy atom. The van der Waals surface area contributed by atoms with Crippen LogP contribution in [0.5, 0.6) is 0 Å². The van der Waals surface area contributed by atoms with Gasteiger partial charge in [-0.3, -0.25) is 0 Å². The normalized spacial score (nSPS) is 12.1. The average molecular weight is 278 g/mol. The summed E-state index contributed by atoms with van der Waals surface area (Å²) in [5.41, 5.74) is -0.0818. The van der Waals surface area contributed by atoms with Gasteiger partial charge in [0.05, 0.1) is 6.04 Å². The molecule has 0 saturated heterocycles. The number of aromatic nitrogens is 3. The van der Waals surface area contributed by atoms with E-state index in [0.29, 0.717) is 0 Å². The summed E-state index contributed by atoms with van der Waals surface area (Å²) in [5, 5.41) is 13.0. The van der Waals surface area contributed by atoms with Gasteiger partial charge >= 0.3 is 5.97 Å². The van der Waals surface area contributed by atoms with Crippen molar-refractivity contribution in [1.29, 1.82) is 0 Å². The molecule has 2 heterocycles. The van der Waals surface area contributed by atoms with Gasteiger partial charge in [0, 0.05) is 23.5 Å². The predicted octanol–water partition coefficient (Wildman–Crippen LogP) is 2.37. The fourth-order valence-electron chi connectivity index (χ4n) is 1.55. The number of hydrogen-bond donors (Lipinski definition) is 2. The number of rotatable bonds is 5. The lowest BCUT2D eigenvalue weighted by molar-refractivity contribution is 0.0691. The highest BCUT2D eigenvalue weighted by molar-refractivity contribution is 7.11. The van der Waals surface area contributed by atoms with Crippen LogP contribution in [0.4, 0.5) is 5.82 Å². The molecule has 100 valence electrons. The van der Waals surface area contributed by atoms with Crippen molar-refractivity contribution in [2.45, 2.75) is 26.3 Å². The first-order chi connectivity index (χ1) is 9.11. The summed E-state index contributed by atoms with van der Waals surface area (Å²) in [6, 6.07) is -0.111. The number of anilines is 1. The largest absolute Gasteiger partial charge is 0.476 e. The zero-order chi connectivity index (χ0) is 13.8. The Balaban J connectivity index is 2.19. The SMILES string of the molecule is CCc1cnc(C(C)Nc2nccnc2C(=O)O)s1. The van der Waals surface area contributed by atoms with Gasteiger partial charge in [0.15, 0.2) is 11.5 Å². The van der Waals surface area contributed by atoms with Crippen LogP contribution in [0, 0.1) is 0 Å². The van der Waals surface area contributed by atoms with Crippen LogP contribution in [0.3, 0.4) is 0 Å². The predicted molar refractivity (Wildman–Crippen MR) is 72.5 cm³/mol. The molecule has 1 unspecified atom stereocenters. The van der Waals surface area contributed by atoms with Gasteiger partial charge in [-0.1, -0.05) is 6.92 Å². The van der Waals surface area contributed by atoms with E-state index in [1.165, 1.54) is 17.3 Å². The second kappa shape index (κ2) is 5.75. The van der Waals surface area contributed by atoms with Gasteiger partial charge in [0.25, 0.3) is 0 Å². The molecule has 7 heteroatoms. The first-order valence-electron chi connectivity index (χ1n) is 5.87. The van der Waals surface area contributed by atoms with Crippen LogP contribution in [-0.4, -0.2) is 26.0 Å². The Bertz CT molecular complexity index is 585. The summed E-state index contributed by atoms with van der Waals surface area (Å²) in [6.07, 6.45) is 5.60. The van der Waals surface area contributed by atoms with E-state index in [1.807, 2.05) is 13.1 Å². The van der Waals surface area contributed by atoms with E-state index >= 15 is 0 Å². The molecule has 2 rings (SSSR count). The maximum Gasteiger partial charge on any atom is 0.358 e. The zero-order valence-corrected chi connectivity index (χ0v) is 11.4. The highest BCUT2D eigenvalue weighted by Crippen LogP contribution is 2.24. The van der Waals surface area contributed by atoms with Crippen molar-refractivity contribution < 1.29 is 9.90 Å². The molecule has 0 saturated carbocycles. The van der Waals surface area contributed by atoms with Gasteiger partial charge in [-0.15, -0.1) is 11.3 Å². The van der Waals surface area contributed by atoms with Gasteiger partial charge in [-0.2, -0.15) is 0 Å². The van der Waals surface area contributed by atoms with Crippen molar-refractivity contribution in [3.8, 4) is 0 Å². The number of carboxylic acid groups (broad SMARTS) is 1. The van der Waals surface area contributed by atoms with E-state index in [1.54, 1.807) is 11.3 Å². The topological polar surface area (TPSA) is 88.0 Å². The molecule has 0 aromatic carbocycles. The van der Waals surface area contributed by atoms with E-state index in [9.17, 15) is 4.79 Å². The molecule has 0 amide bonds. The first-order valence-corrected chi connectivity index (χ1v) is 6.69. The molecule has 0 fully saturated rings. The molecule has 0 radical (unpaired) electrons. The number of nitrogens with one attached hydrogen (secondary N) is 1. The third-order valence-electron chi connectivity index (χ3n) is 2.54. The maximum atomic E-state index is 11.0. The Hall–Kier alpha value is -2.02. The molecule has 1 atom stereocenters. The second-order valence-electron chi connectivity index (χ2n) is 3.94. The molecule has 2 aromatic heterocycles. The number of hydrogen-bond acceptors (Lipinski definition) is 6. The minimum atomic E-state index is -1.10.